The molecule has 0 radical (unpaired) electrons. The highest BCUT2D eigenvalue weighted by molar-refractivity contribution is 7.22. The van der Waals surface area contributed by atoms with Crippen molar-refractivity contribution in [1.29, 1.82) is 0 Å². The number of thiazole rings is 1. The van der Waals surface area contributed by atoms with E-state index in [0.717, 1.165) is 22.9 Å². The van der Waals surface area contributed by atoms with Gasteiger partial charge in [0, 0.05) is 23.9 Å². The molecule has 4 aromatic rings. The highest BCUT2D eigenvalue weighted by Gasteiger charge is 2.48. The van der Waals surface area contributed by atoms with Crippen LogP contribution in [0.4, 0.5) is 5.13 Å². The van der Waals surface area contributed by atoms with Crippen LogP contribution >= 0.6 is 22.9 Å². The van der Waals surface area contributed by atoms with Crippen molar-refractivity contribution >= 4 is 61.7 Å². The molecule has 3 heterocycles. The Balaban J connectivity index is 0.000000830. The van der Waals surface area contributed by atoms with Gasteiger partial charge in [-0.3, -0.25) is 19.3 Å². The van der Waals surface area contributed by atoms with Crippen molar-refractivity contribution in [3.05, 3.63) is 87.9 Å². The number of carbonyl (C=O) groups is 3. The molecule has 0 bridgehead atoms. The lowest BCUT2D eigenvalue weighted by atomic mass is 9.94. The molecule has 2 aliphatic rings. The molecule has 2 N–H and O–H groups in total. The van der Waals surface area contributed by atoms with Crippen LogP contribution in [0.3, 0.4) is 0 Å². The number of benzene rings is 3. The number of carboxylic acid groups (broad SMARTS) is 1. The highest BCUT2D eigenvalue weighted by atomic mass is 35.5. The molecule has 0 aliphatic carbocycles. The summed E-state index contributed by atoms with van der Waals surface area (Å²) in [5, 5.41) is 19.7. The maximum atomic E-state index is 13.5. The molecule has 216 valence electrons. The second kappa shape index (κ2) is 11.8. The molecule has 11 heteroatoms. The summed E-state index contributed by atoms with van der Waals surface area (Å²) in [5.74, 6) is -1.19. The number of rotatable bonds is 5. The number of nitrogens with zero attached hydrogens (tertiary/aromatic N) is 2. The maximum absolute atomic E-state index is 13.5. The lowest BCUT2D eigenvalue weighted by Gasteiger charge is -2.23. The number of carbonyl (C=O) groups excluding carboxylic acids is 2. The minimum absolute atomic E-state index is 0.0153. The number of aliphatic carboxylic acids is 1. The zero-order valence-electron chi connectivity index (χ0n) is 23.0. The van der Waals surface area contributed by atoms with Crippen LogP contribution in [0.5, 0.6) is 11.5 Å². The van der Waals surface area contributed by atoms with E-state index in [-0.39, 0.29) is 17.4 Å². The van der Waals surface area contributed by atoms with Crippen LogP contribution in [-0.4, -0.2) is 45.6 Å². The minimum Gasteiger partial charge on any atom is -0.507 e. The Labute approximate surface area is 250 Å². The molecular weight excluding hydrogens is 580 g/mol. The molecule has 1 amide bonds. The summed E-state index contributed by atoms with van der Waals surface area (Å²) < 4.78 is 12.2. The molecular formula is C31H27ClN2O7S. The third kappa shape index (κ3) is 5.68. The van der Waals surface area contributed by atoms with Crippen molar-refractivity contribution in [2.45, 2.75) is 39.3 Å². The second-order valence-electron chi connectivity index (χ2n) is 9.76. The van der Waals surface area contributed by atoms with Crippen molar-refractivity contribution in [3.63, 3.8) is 0 Å². The number of anilines is 1. The van der Waals surface area contributed by atoms with Crippen LogP contribution in [0.15, 0.2) is 66.2 Å². The SMILES string of the molecule is CC(=O)O.CCOc1ccc2nc(N3C(=O)C(=O)/C(=C(/O)c4ccc5c(c4)CC(C)O5)C3c3cccc(Cl)c3)sc2c1. The van der Waals surface area contributed by atoms with Gasteiger partial charge in [0.1, 0.15) is 23.4 Å². The van der Waals surface area contributed by atoms with E-state index in [1.165, 1.54) is 16.2 Å². The summed E-state index contributed by atoms with van der Waals surface area (Å²) in [4.78, 5) is 42.0. The zero-order chi connectivity index (χ0) is 30.1. The predicted octanol–water partition coefficient (Wildman–Crippen LogP) is 6.39. The smallest absolute Gasteiger partial charge is 0.301 e. The molecule has 3 aromatic carbocycles. The summed E-state index contributed by atoms with van der Waals surface area (Å²) in [7, 11) is 0. The van der Waals surface area contributed by atoms with Gasteiger partial charge in [0.15, 0.2) is 5.13 Å². The molecule has 0 spiro atoms. The number of aromatic nitrogens is 1. The third-order valence-electron chi connectivity index (χ3n) is 6.64. The number of Topliss-reactive ketones (excluding diaryl/α,β-unsaturated/α-hetero) is 1. The Hall–Kier alpha value is -4.41. The number of aliphatic hydroxyl groups is 1. The summed E-state index contributed by atoms with van der Waals surface area (Å²) >= 11 is 7.59. The van der Waals surface area contributed by atoms with E-state index in [4.69, 9.17) is 31.0 Å². The van der Waals surface area contributed by atoms with Crippen LogP contribution in [0.1, 0.15) is 43.5 Å². The Bertz CT molecular complexity index is 1740. The van der Waals surface area contributed by atoms with Gasteiger partial charge in [-0.1, -0.05) is 35.1 Å². The van der Waals surface area contributed by atoms with Gasteiger partial charge in [0.25, 0.3) is 11.8 Å². The first-order chi connectivity index (χ1) is 20.1. The average molecular weight is 607 g/mol. The fraction of sp³-hybridized carbons (Fsp3) is 0.226. The van der Waals surface area contributed by atoms with E-state index in [2.05, 4.69) is 4.98 Å². The van der Waals surface area contributed by atoms with Crippen LogP contribution < -0.4 is 14.4 Å². The van der Waals surface area contributed by atoms with Crippen molar-refractivity contribution in [1.82, 2.24) is 4.98 Å². The Morgan fingerprint density at radius 3 is 2.62 bits per heavy atom. The zero-order valence-corrected chi connectivity index (χ0v) is 24.5. The van der Waals surface area contributed by atoms with Crippen molar-refractivity contribution in [2.24, 2.45) is 0 Å². The first-order valence-corrected chi connectivity index (χ1v) is 14.4. The topological polar surface area (TPSA) is 126 Å². The van der Waals surface area contributed by atoms with Gasteiger partial charge in [0.2, 0.25) is 0 Å². The van der Waals surface area contributed by atoms with Gasteiger partial charge in [0.05, 0.1) is 28.4 Å². The standard InChI is InChI=1S/C29H23ClN2O5S.C2H4O2/c1-3-36-20-8-9-21-23(14-20)38-29(31-21)32-25(16-5-4-6-19(30)13-16)24(27(34)28(32)35)26(33)17-7-10-22-18(12-17)11-15(2)37-22;1-2(3)4/h4-10,12-15,25,33H,3,11H2,1-2H3;1H3,(H,3,4)/b26-24+;. The molecule has 1 fully saturated rings. The summed E-state index contributed by atoms with van der Waals surface area (Å²) in [5.41, 5.74) is 2.63. The van der Waals surface area contributed by atoms with E-state index < -0.39 is 23.7 Å². The molecule has 2 unspecified atom stereocenters. The number of hydrogen-bond donors (Lipinski definition) is 2. The number of amides is 1. The minimum atomic E-state index is -0.913. The van der Waals surface area contributed by atoms with E-state index in [1.54, 1.807) is 36.4 Å². The second-order valence-corrected chi connectivity index (χ2v) is 11.2. The molecule has 2 atom stereocenters. The Morgan fingerprint density at radius 1 is 1.14 bits per heavy atom. The molecule has 9 nitrogen and oxygen atoms in total. The predicted molar refractivity (Wildman–Crippen MR) is 161 cm³/mol. The first kappa shape index (κ1) is 29.1. The van der Waals surface area contributed by atoms with Gasteiger partial charge < -0.3 is 19.7 Å². The number of hydrogen-bond acceptors (Lipinski definition) is 8. The quantitative estimate of drug-likeness (QED) is 0.152. The van der Waals surface area contributed by atoms with Gasteiger partial charge >= 0.3 is 5.91 Å². The molecule has 6 rings (SSSR count). The van der Waals surface area contributed by atoms with Crippen molar-refractivity contribution in [2.75, 3.05) is 11.5 Å². The van der Waals surface area contributed by atoms with Gasteiger partial charge in [-0.2, -0.15) is 0 Å². The summed E-state index contributed by atoms with van der Waals surface area (Å²) in [6.07, 6.45) is 0.722. The van der Waals surface area contributed by atoms with E-state index in [9.17, 15) is 14.7 Å². The number of aliphatic hydroxyl groups excluding tert-OH is 1. The van der Waals surface area contributed by atoms with Crippen LogP contribution in [0.25, 0.3) is 16.0 Å². The van der Waals surface area contributed by atoms with Gasteiger partial charge in [-0.15, -0.1) is 0 Å². The summed E-state index contributed by atoms with van der Waals surface area (Å²) in [6.45, 7) is 5.48. The monoisotopic (exact) mass is 606 g/mol. The van der Waals surface area contributed by atoms with Gasteiger partial charge in [-0.05, 0) is 73.5 Å². The lowest BCUT2D eigenvalue weighted by Crippen LogP contribution is -2.29. The number of ketones is 1. The third-order valence-corrected chi connectivity index (χ3v) is 7.90. The highest BCUT2D eigenvalue weighted by Crippen LogP contribution is 2.45. The fourth-order valence-corrected chi connectivity index (χ4v) is 6.22. The van der Waals surface area contributed by atoms with Gasteiger partial charge in [-0.25, -0.2) is 4.98 Å². The van der Waals surface area contributed by atoms with Crippen LogP contribution in [0, 0.1) is 0 Å². The molecule has 0 saturated carbocycles. The number of ether oxygens (including phenoxy) is 2. The first-order valence-electron chi connectivity index (χ1n) is 13.2. The molecule has 42 heavy (non-hydrogen) atoms. The maximum Gasteiger partial charge on any atom is 0.301 e. The van der Waals surface area contributed by atoms with Crippen molar-refractivity contribution < 1.29 is 34.1 Å². The van der Waals surface area contributed by atoms with Crippen molar-refractivity contribution in [3.8, 4) is 11.5 Å². The van der Waals surface area contributed by atoms with E-state index in [1.807, 2.05) is 38.1 Å². The normalized spacial score (nSPS) is 18.8. The number of carboxylic acids is 1. The Kier molecular flexibility index (Phi) is 8.20. The van der Waals surface area contributed by atoms with Crippen LogP contribution in [-0.2, 0) is 20.8 Å². The van der Waals surface area contributed by atoms with E-state index >= 15 is 0 Å². The largest absolute Gasteiger partial charge is 0.507 e. The average Bonchev–Trinajstić information content (AvgIpc) is 3.60. The Morgan fingerprint density at radius 2 is 1.90 bits per heavy atom. The van der Waals surface area contributed by atoms with E-state index in [0.29, 0.717) is 45.6 Å². The molecule has 2 aliphatic heterocycles. The number of fused-ring (bicyclic) bond motifs is 2. The molecule has 1 saturated heterocycles. The number of halogens is 1. The lowest BCUT2D eigenvalue weighted by molar-refractivity contribution is -0.134. The molecule has 1 aromatic heterocycles. The summed E-state index contributed by atoms with van der Waals surface area (Å²) in [6, 6.07) is 16.8. The van der Waals surface area contributed by atoms with Crippen LogP contribution in [0.2, 0.25) is 5.02 Å². The fourth-order valence-electron chi connectivity index (χ4n) is 5.00.